The Balaban J connectivity index is 2.11. The van der Waals surface area contributed by atoms with Crippen molar-refractivity contribution in [2.24, 2.45) is 0 Å². The van der Waals surface area contributed by atoms with E-state index in [0.29, 0.717) is 5.39 Å². The Morgan fingerprint density at radius 1 is 0.640 bits per heavy atom. The number of rotatable bonds is 3. The predicted octanol–water partition coefficient (Wildman–Crippen LogP) is 2.64. The Bertz CT molecular complexity index is 976. The second kappa shape index (κ2) is 6.47. The van der Waals surface area contributed by atoms with E-state index in [4.69, 9.17) is 0 Å². The van der Waals surface area contributed by atoms with Gasteiger partial charge in [-0.3, -0.25) is 0 Å². The Kier molecular flexibility index (Phi) is 4.02. The molecule has 5 heteroatoms. The molecule has 2 N–H and O–H groups in total. The molecular formula is C20H15BN2O2. The molecular weight excluding hydrogens is 311 g/mol. The van der Waals surface area contributed by atoms with Crippen molar-refractivity contribution in [1.29, 1.82) is 0 Å². The van der Waals surface area contributed by atoms with Gasteiger partial charge >= 0.3 is 7.12 Å². The van der Waals surface area contributed by atoms with Crippen LogP contribution in [0.4, 0.5) is 0 Å². The van der Waals surface area contributed by atoms with Crippen LogP contribution in [0, 0.1) is 0 Å². The number of nitrogens with zero attached hydrogens (tertiary/aromatic N) is 2. The van der Waals surface area contributed by atoms with Crippen LogP contribution in [-0.4, -0.2) is 27.4 Å². The molecule has 1 aromatic heterocycles. The fourth-order valence-electron chi connectivity index (χ4n) is 3.08. The van der Waals surface area contributed by atoms with Gasteiger partial charge in [0.2, 0.25) is 0 Å². The third-order valence-corrected chi connectivity index (χ3v) is 4.21. The van der Waals surface area contributed by atoms with E-state index in [1.54, 1.807) is 0 Å². The van der Waals surface area contributed by atoms with Crippen molar-refractivity contribution in [2.75, 3.05) is 0 Å². The third kappa shape index (κ3) is 2.80. The van der Waals surface area contributed by atoms with E-state index in [0.717, 1.165) is 27.8 Å². The van der Waals surface area contributed by atoms with Crippen molar-refractivity contribution in [3.8, 4) is 22.4 Å². The first-order valence-corrected chi connectivity index (χ1v) is 8.02. The molecule has 4 rings (SSSR count). The van der Waals surface area contributed by atoms with Crippen LogP contribution in [0.3, 0.4) is 0 Å². The van der Waals surface area contributed by atoms with Gasteiger partial charge in [-0.05, 0) is 11.1 Å². The Morgan fingerprint density at radius 2 is 1.28 bits per heavy atom. The zero-order chi connectivity index (χ0) is 17.2. The zero-order valence-electron chi connectivity index (χ0n) is 13.4. The number of hydrogen-bond donors (Lipinski definition) is 2. The minimum absolute atomic E-state index is 0.160. The molecule has 120 valence electrons. The van der Waals surface area contributed by atoms with Crippen LogP contribution in [-0.2, 0) is 0 Å². The fourth-order valence-corrected chi connectivity index (χ4v) is 3.08. The summed E-state index contributed by atoms with van der Waals surface area (Å²) in [7, 11) is -1.68. The highest BCUT2D eigenvalue weighted by Gasteiger charge is 2.22. The number of fused-ring (bicyclic) bond motifs is 1. The van der Waals surface area contributed by atoms with Crippen LogP contribution in [0.2, 0.25) is 0 Å². The molecule has 0 bridgehead atoms. The van der Waals surface area contributed by atoms with Crippen LogP contribution in [0.25, 0.3) is 33.2 Å². The van der Waals surface area contributed by atoms with Crippen molar-refractivity contribution in [3.05, 3.63) is 78.9 Å². The Morgan fingerprint density at radius 3 is 1.92 bits per heavy atom. The molecule has 0 fully saturated rings. The SMILES string of the molecule is OB(O)c1nnc(-c2ccccc2)c2c(-c3ccccc3)cccc12. The van der Waals surface area contributed by atoms with Crippen molar-refractivity contribution in [3.63, 3.8) is 0 Å². The largest absolute Gasteiger partial charge is 0.510 e. The van der Waals surface area contributed by atoms with Crippen molar-refractivity contribution in [2.45, 2.75) is 0 Å². The molecule has 0 amide bonds. The van der Waals surface area contributed by atoms with Gasteiger partial charge in [-0.2, -0.15) is 10.2 Å². The van der Waals surface area contributed by atoms with Crippen LogP contribution in [0.5, 0.6) is 0 Å². The van der Waals surface area contributed by atoms with Gasteiger partial charge in [0.1, 0.15) is 11.3 Å². The first-order valence-electron chi connectivity index (χ1n) is 8.02. The minimum Gasteiger partial charge on any atom is -0.422 e. The summed E-state index contributed by atoms with van der Waals surface area (Å²) in [6.45, 7) is 0. The molecule has 0 aliphatic heterocycles. The summed E-state index contributed by atoms with van der Waals surface area (Å²) in [5, 5.41) is 29.3. The molecule has 0 unspecified atom stereocenters. The molecule has 4 nitrogen and oxygen atoms in total. The van der Waals surface area contributed by atoms with Gasteiger partial charge in [-0.1, -0.05) is 78.9 Å². The van der Waals surface area contributed by atoms with Gasteiger partial charge in [0.25, 0.3) is 0 Å². The summed E-state index contributed by atoms with van der Waals surface area (Å²) in [4.78, 5) is 0. The van der Waals surface area contributed by atoms with Crippen LogP contribution in [0.15, 0.2) is 78.9 Å². The van der Waals surface area contributed by atoms with Gasteiger partial charge in [0.15, 0.2) is 0 Å². The second-order valence-electron chi connectivity index (χ2n) is 5.77. The number of aromatic nitrogens is 2. The highest BCUT2D eigenvalue weighted by atomic mass is 16.4. The quantitative estimate of drug-likeness (QED) is 0.568. The van der Waals surface area contributed by atoms with Gasteiger partial charge in [-0.25, -0.2) is 0 Å². The van der Waals surface area contributed by atoms with E-state index in [1.807, 2.05) is 78.9 Å². The first-order chi connectivity index (χ1) is 12.3. The first kappa shape index (κ1) is 15.5. The molecule has 1 heterocycles. The standard InChI is InChI=1S/C20H15BN2O2/c24-21(25)20-17-13-7-12-16(14-8-3-1-4-9-14)18(17)19(22-23-20)15-10-5-2-6-11-15/h1-13,24-25H. The van der Waals surface area contributed by atoms with Crippen molar-refractivity contribution < 1.29 is 10.0 Å². The molecule has 0 saturated carbocycles. The molecule has 4 aromatic rings. The third-order valence-electron chi connectivity index (χ3n) is 4.21. The summed E-state index contributed by atoms with van der Waals surface area (Å²) in [6, 6.07) is 25.5. The number of hydrogen-bond acceptors (Lipinski definition) is 4. The Hall–Kier alpha value is -3.02. The highest BCUT2D eigenvalue weighted by molar-refractivity contribution is 6.61. The van der Waals surface area contributed by atoms with Gasteiger partial charge < -0.3 is 10.0 Å². The van der Waals surface area contributed by atoms with Crippen molar-refractivity contribution in [1.82, 2.24) is 10.2 Å². The van der Waals surface area contributed by atoms with E-state index in [2.05, 4.69) is 10.2 Å². The molecule has 0 atom stereocenters. The minimum atomic E-state index is -1.68. The maximum Gasteiger partial charge on any atom is 0.510 e. The summed E-state index contributed by atoms with van der Waals surface area (Å²) in [5.41, 5.74) is 3.83. The van der Waals surface area contributed by atoms with Crippen molar-refractivity contribution >= 4 is 23.5 Å². The molecule has 0 saturated heterocycles. The van der Waals surface area contributed by atoms with Gasteiger partial charge in [0.05, 0.1) is 0 Å². The van der Waals surface area contributed by atoms with E-state index in [9.17, 15) is 10.0 Å². The van der Waals surface area contributed by atoms with Gasteiger partial charge in [0, 0.05) is 16.3 Å². The second-order valence-corrected chi connectivity index (χ2v) is 5.77. The summed E-state index contributed by atoms with van der Waals surface area (Å²) in [5.74, 6) is 0. The topological polar surface area (TPSA) is 66.2 Å². The van der Waals surface area contributed by atoms with Crippen LogP contribution >= 0.6 is 0 Å². The monoisotopic (exact) mass is 326 g/mol. The molecule has 3 aromatic carbocycles. The average molecular weight is 326 g/mol. The van der Waals surface area contributed by atoms with Crippen LogP contribution in [0.1, 0.15) is 0 Å². The van der Waals surface area contributed by atoms with E-state index >= 15 is 0 Å². The molecule has 0 spiro atoms. The summed E-state index contributed by atoms with van der Waals surface area (Å²) < 4.78 is 0. The lowest BCUT2D eigenvalue weighted by Gasteiger charge is -2.13. The zero-order valence-corrected chi connectivity index (χ0v) is 13.4. The summed E-state index contributed by atoms with van der Waals surface area (Å²) >= 11 is 0. The lowest BCUT2D eigenvalue weighted by atomic mass is 9.81. The predicted molar refractivity (Wildman–Crippen MR) is 100 cm³/mol. The van der Waals surface area contributed by atoms with E-state index in [-0.39, 0.29) is 5.59 Å². The lowest BCUT2D eigenvalue weighted by molar-refractivity contribution is 0.424. The number of benzene rings is 3. The van der Waals surface area contributed by atoms with Crippen LogP contribution < -0.4 is 5.59 Å². The smallest absolute Gasteiger partial charge is 0.422 e. The highest BCUT2D eigenvalue weighted by Crippen LogP contribution is 2.33. The fraction of sp³-hybridized carbons (Fsp3) is 0. The van der Waals surface area contributed by atoms with E-state index < -0.39 is 7.12 Å². The van der Waals surface area contributed by atoms with E-state index in [1.165, 1.54) is 0 Å². The average Bonchev–Trinajstić information content (AvgIpc) is 2.68. The Labute approximate surface area is 145 Å². The molecule has 0 aliphatic carbocycles. The normalized spacial score (nSPS) is 10.8. The lowest BCUT2D eigenvalue weighted by Crippen LogP contribution is -2.34. The molecule has 25 heavy (non-hydrogen) atoms. The molecule has 0 radical (unpaired) electrons. The van der Waals surface area contributed by atoms with Gasteiger partial charge in [-0.15, -0.1) is 0 Å². The summed E-state index contributed by atoms with van der Waals surface area (Å²) in [6.07, 6.45) is 0. The molecule has 0 aliphatic rings. The maximum absolute atomic E-state index is 9.70. The maximum atomic E-state index is 9.70.